The molecule has 1 N–H and O–H groups in total. The van der Waals surface area contributed by atoms with E-state index in [0.29, 0.717) is 0 Å². The zero-order valence-corrected chi connectivity index (χ0v) is 10.7. The Morgan fingerprint density at radius 1 is 1.25 bits per heavy atom. The van der Waals surface area contributed by atoms with E-state index in [2.05, 4.69) is 0 Å². The summed E-state index contributed by atoms with van der Waals surface area (Å²) in [5, 5.41) is 20.4. The summed E-state index contributed by atoms with van der Waals surface area (Å²) in [5.41, 5.74) is -0.386. The fourth-order valence-corrected chi connectivity index (χ4v) is 1.71. The van der Waals surface area contributed by atoms with Crippen molar-refractivity contribution in [2.24, 2.45) is 0 Å². The van der Waals surface area contributed by atoms with Crippen molar-refractivity contribution in [3.63, 3.8) is 0 Å². The van der Waals surface area contributed by atoms with E-state index in [1.54, 1.807) is 18.2 Å². The number of nitro groups is 1. The summed E-state index contributed by atoms with van der Waals surface area (Å²) in [6.45, 7) is 0. The van der Waals surface area contributed by atoms with Crippen LogP contribution in [0.2, 0.25) is 5.02 Å². The lowest BCUT2D eigenvalue weighted by molar-refractivity contribution is -0.385. The molecule has 2 rings (SSSR count). The molecule has 0 atom stereocenters. The Hall–Kier alpha value is -2.60. The van der Waals surface area contributed by atoms with Crippen LogP contribution < -0.4 is 4.74 Å². The van der Waals surface area contributed by atoms with Crippen LogP contribution in [0.25, 0.3) is 0 Å². The van der Waals surface area contributed by atoms with E-state index >= 15 is 0 Å². The SMILES string of the molecule is O=C(Oc1cc(Cl)cc([N+](=O)[O-])c1O)c1ccccc1. The second-order valence-corrected chi connectivity index (χ2v) is 4.22. The molecule has 0 amide bonds. The van der Waals surface area contributed by atoms with Gasteiger partial charge in [-0.3, -0.25) is 10.1 Å². The minimum Gasteiger partial charge on any atom is -0.499 e. The Labute approximate surface area is 118 Å². The molecule has 0 fully saturated rings. The van der Waals surface area contributed by atoms with E-state index in [9.17, 15) is 20.0 Å². The molecule has 0 saturated heterocycles. The van der Waals surface area contributed by atoms with E-state index in [1.165, 1.54) is 12.1 Å². The van der Waals surface area contributed by atoms with Gasteiger partial charge in [0.1, 0.15) is 0 Å². The van der Waals surface area contributed by atoms with Crippen LogP contribution in [0.1, 0.15) is 10.4 Å². The molecule has 20 heavy (non-hydrogen) atoms. The van der Waals surface area contributed by atoms with Crippen molar-refractivity contribution < 1.29 is 19.6 Å². The molecule has 7 heteroatoms. The molecular formula is C13H8ClNO5. The van der Waals surface area contributed by atoms with Gasteiger partial charge < -0.3 is 9.84 Å². The third-order valence-corrected chi connectivity index (χ3v) is 2.65. The van der Waals surface area contributed by atoms with E-state index in [1.807, 2.05) is 0 Å². The molecule has 0 unspecified atom stereocenters. The van der Waals surface area contributed by atoms with Crippen LogP contribution >= 0.6 is 11.6 Å². The van der Waals surface area contributed by atoms with Crippen LogP contribution in [0, 0.1) is 10.1 Å². The number of nitrogens with zero attached hydrogens (tertiary/aromatic N) is 1. The molecule has 102 valence electrons. The predicted octanol–water partition coefficient (Wildman–Crippen LogP) is 3.17. The molecule has 0 aliphatic heterocycles. The maximum atomic E-state index is 11.8. The Balaban J connectivity index is 2.35. The number of carbonyl (C=O) groups is 1. The molecule has 0 saturated carbocycles. The fraction of sp³-hybridized carbons (Fsp3) is 0. The number of nitro benzene ring substituents is 1. The zero-order chi connectivity index (χ0) is 14.7. The zero-order valence-electron chi connectivity index (χ0n) is 9.95. The molecule has 0 heterocycles. The lowest BCUT2D eigenvalue weighted by Crippen LogP contribution is -2.08. The van der Waals surface area contributed by atoms with Gasteiger partial charge >= 0.3 is 11.7 Å². The second-order valence-electron chi connectivity index (χ2n) is 3.78. The summed E-state index contributed by atoms with van der Waals surface area (Å²) >= 11 is 5.69. The van der Waals surface area contributed by atoms with Crippen molar-refractivity contribution >= 4 is 23.3 Å². The van der Waals surface area contributed by atoms with Crippen molar-refractivity contribution in [1.82, 2.24) is 0 Å². The van der Waals surface area contributed by atoms with Gasteiger partial charge in [0, 0.05) is 12.1 Å². The molecule has 0 bridgehead atoms. The molecule has 0 spiro atoms. The Morgan fingerprint density at radius 3 is 2.50 bits per heavy atom. The van der Waals surface area contributed by atoms with Crippen LogP contribution in [0.5, 0.6) is 11.5 Å². The number of esters is 1. The largest absolute Gasteiger partial charge is 0.499 e. The third-order valence-electron chi connectivity index (χ3n) is 2.43. The average molecular weight is 294 g/mol. The molecular weight excluding hydrogens is 286 g/mol. The Morgan fingerprint density at radius 2 is 1.90 bits per heavy atom. The number of phenols is 1. The number of halogens is 1. The van der Waals surface area contributed by atoms with Crippen LogP contribution in [0.3, 0.4) is 0 Å². The van der Waals surface area contributed by atoms with Gasteiger partial charge in [-0.2, -0.15) is 0 Å². The first kappa shape index (κ1) is 13.8. The van der Waals surface area contributed by atoms with Gasteiger partial charge in [0.15, 0.2) is 5.75 Å². The second kappa shape index (κ2) is 5.58. The number of benzene rings is 2. The van der Waals surface area contributed by atoms with E-state index in [-0.39, 0.29) is 16.3 Å². The van der Waals surface area contributed by atoms with Gasteiger partial charge in [-0.15, -0.1) is 0 Å². The van der Waals surface area contributed by atoms with Crippen molar-refractivity contribution in [3.8, 4) is 11.5 Å². The highest BCUT2D eigenvalue weighted by Gasteiger charge is 2.22. The Kier molecular flexibility index (Phi) is 3.86. The van der Waals surface area contributed by atoms with E-state index < -0.39 is 22.3 Å². The quantitative estimate of drug-likeness (QED) is 0.406. The Bertz CT molecular complexity index is 672. The third kappa shape index (κ3) is 2.86. The maximum absolute atomic E-state index is 11.8. The first-order chi connectivity index (χ1) is 9.49. The molecule has 0 aromatic heterocycles. The van der Waals surface area contributed by atoms with Crippen LogP contribution in [-0.2, 0) is 0 Å². The maximum Gasteiger partial charge on any atom is 0.343 e. The molecule has 2 aromatic rings. The van der Waals surface area contributed by atoms with E-state index in [4.69, 9.17) is 16.3 Å². The lowest BCUT2D eigenvalue weighted by Gasteiger charge is -2.07. The number of carbonyl (C=O) groups excluding carboxylic acids is 1. The van der Waals surface area contributed by atoms with Crippen molar-refractivity contribution in [3.05, 3.63) is 63.2 Å². The minimum absolute atomic E-state index is 0.0228. The van der Waals surface area contributed by atoms with E-state index in [0.717, 1.165) is 12.1 Å². The lowest BCUT2D eigenvalue weighted by atomic mass is 10.2. The average Bonchev–Trinajstić information content (AvgIpc) is 2.43. The van der Waals surface area contributed by atoms with Crippen molar-refractivity contribution in [1.29, 1.82) is 0 Å². The summed E-state index contributed by atoms with van der Waals surface area (Å²) < 4.78 is 4.93. The normalized spacial score (nSPS) is 10.1. The van der Waals surface area contributed by atoms with Gasteiger partial charge in [0.05, 0.1) is 15.5 Å². The highest BCUT2D eigenvalue weighted by molar-refractivity contribution is 6.31. The van der Waals surface area contributed by atoms with Crippen LogP contribution in [-0.4, -0.2) is 16.0 Å². The monoisotopic (exact) mass is 293 g/mol. The van der Waals surface area contributed by atoms with Gasteiger partial charge in [-0.1, -0.05) is 29.8 Å². The number of phenolic OH excluding ortho intramolecular Hbond substituents is 1. The topological polar surface area (TPSA) is 89.7 Å². The summed E-state index contributed by atoms with van der Waals surface area (Å²) in [6.07, 6.45) is 0. The number of ether oxygens (including phenoxy) is 1. The molecule has 0 aliphatic carbocycles. The minimum atomic E-state index is -0.818. The van der Waals surface area contributed by atoms with Gasteiger partial charge in [-0.05, 0) is 12.1 Å². The predicted molar refractivity (Wildman–Crippen MR) is 71.2 cm³/mol. The smallest absolute Gasteiger partial charge is 0.343 e. The van der Waals surface area contributed by atoms with Gasteiger partial charge in [-0.25, -0.2) is 4.79 Å². The summed E-state index contributed by atoms with van der Waals surface area (Å²) in [4.78, 5) is 21.7. The van der Waals surface area contributed by atoms with Crippen LogP contribution in [0.4, 0.5) is 5.69 Å². The highest BCUT2D eigenvalue weighted by atomic mass is 35.5. The summed E-state index contributed by atoms with van der Waals surface area (Å²) in [6, 6.07) is 10.1. The first-order valence-corrected chi connectivity index (χ1v) is 5.81. The summed E-state index contributed by atoms with van der Waals surface area (Å²) in [7, 11) is 0. The molecule has 2 aromatic carbocycles. The van der Waals surface area contributed by atoms with Crippen molar-refractivity contribution in [2.75, 3.05) is 0 Å². The number of hydrogen-bond donors (Lipinski definition) is 1. The van der Waals surface area contributed by atoms with Gasteiger partial charge in [0.25, 0.3) is 0 Å². The number of hydrogen-bond acceptors (Lipinski definition) is 5. The number of aromatic hydroxyl groups is 1. The molecule has 6 nitrogen and oxygen atoms in total. The fourth-order valence-electron chi connectivity index (χ4n) is 1.51. The number of rotatable bonds is 3. The standard InChI is InChI=1S/C13H8ClNO5/c14-9-6-10(15(18)19)12(16)11(7-9)20-13(17)8-4-2-1-3-5-8/h1-7,16H. The van der Waals surface area contributed by atoms with Gasteiger partial charge in [0.2, 0.25) is 5.75 Å². The molecule has 0 aliphatic rings. The first-order valence-electron chi connectivity index (χ1n) is 5.43. The summed E-state index contributed by atoms with van der Waals surface area (Å²) in [5.74, 6) is -1.86. The van der Waals surface area contributed by atoms with Crippen molar-refractivity contribution in [2.45, 2.75) is 0 Å². The highest BCUT2D eigenvalue weighted by Crippen LogP contribution is 2.38. The van der Waals surface area contributed by atoms with Crippen LogP contribution in [0.15, 0.2) is 42.5 Å². The molecule has 0 radical (unpaired) electrons.